The average molecular weight is 307 g/mol. The SMILES string of the molecule is O=C1[C@@H]2CCCN2C(=O)c2ccccc2N1Cc1cccnc1. The molecule has 5 heteroatoms. The van der Waals surface area contributed by atoms with Crippen LogP contribution in [0.3, 0.4) is 0 Å². The fraction of sp³-hybridized carbons (Fsp3) is 0.278. The lowest BCUT2D eigenvalue weighted by Gasteiger charge is -2.25. The smallest absolute Gasteiger partial charge is 0.256 e. The first-order valence-electron chi connectivity index (χ1n) is 7.86. The van der Waals surface area contributed by atoms with Crippen LogP contribution in [0.25, 0.3) is 0 Å². The van der Waals surface area contributed by atoms with Crippen LogP contribution in [0.5, 0.6) is 0 Å². The van der Waals surface area contributed by atoms with Gasteiger partial charge in [-0.3, -0.25) is 14.6 Å². The summed E-state index contributed by atoms with van der Waals surface area (Å²) in [4.78, 5) is 33.4. The number of fused-ring (bicyclic) bond motifs is 2. The molecule has 1 fully saturated rings. The van der Waals surface area contributed by atoms with E-state index in [1.165, 1.54) is 0 Å². The van der Waals surface area contributed by atoms with E-state index >= 15 is 0 Å². The van der Waals surface area contributed by atoms with E-state index in [0.717, 1.165) is 18.4 Å². The van der Waals surface area contributed by atoms with Crippen LogP contribution < -0.4 is 4.90 Å². The van der Waals surface area contributed by atoms with Crippen molar-refractivity contribution in [1.82, 2.24) is 9.88 Å². The standard InChI is InChI=1S/C18H17N3O2/c22-17-14-6-1-2-7-15(14)21(12-13-5-3-9-19-11-13)18(23)16-8-4-10-20(16)17/h1-3,5-7,9,11,16H,4,8,10,12H2/t16-/m0/s1. The summed E-state index contributed by atoms with van der Waals surface area (Å²) in [6.45, 7) is 1.09. The van der Waals surface area contributed by atoms with E-state index < -0.39 is 0 Å². The number of hydrogen-bond donors (Lipinski definition) is 0. The van der Waals surface area contributed by atoms with Crippen LogP contribution in [-0.2, 0) is 11.3 Å². The molecular weight excluding hydrogens is 290 g/mol. The van der Waals surface area contributed by atoms with Crippen molar-refractivity contribution in [3.8, 4) is 0 Å². The van der Waals surface area contributed by atoms with Crippen LogP contribution in [0.1, 0.15) is 28.8 Å². The van der Waals surface area contributed by atoms with Crippen molar-refractivity contribution in [1.29, 1.82) is 0 Å². The number of hydrogen-bond acceptors (Lipinski definition) is 3. The number of amides is 2. The highest BCUT2D eigenvalue weighted by atomic mass is 16.2. The minimum atomic E-state index is -0.341. The predicted octanol–water partition coefficient (Wildman–Crippen LogP) is 2.23. The molecule has 0 N–H and O–H groups in total. The van der Waals surface area contributed by atoms with Crippen molar-refractivity contribution in [2.45, 2.75) is 25.4 Å². The van der Waals surface area contributed by atoms with Crippen LogP contribution in [0.4, 0.5) is 5.69 Å². The minimum absolute atomic E-state index is 0.00431. The predicted molar refractivity (Wildman–Crippen MR) is 85.9 cm³/mol. The highest BCUT2D eigenvalue weighted by molar-refractivity contribution is 6.11. The zero-order valence-electron chi connectivity index (χ0n) is 12.7. The molecule has 23 heavy (non-hydrogen) atoms. The second-order valence-corrected chi connectivity index (χ2v) is 5.96. The van der Waals surface area contributed by atoms with Crippen molar-refractivity contribution in [2.24, 2.45) is 0 Å². The lowest BCUT2D eigenvalue weighted by atomic mass is 10.1. The second-order valence-electron chi connectivity index (χ2n) is 5.96. The summed E-state index contributed by atoms with van der Waals surface area (Å²) < 4.78 is 0. The molecule has 0 radical (unpaired) electrons. The van der Waals surface area contributed by atoms with Crippen molar-refractivity contribution >= 4 is 17.5 Å². The third kappa shape index (κ3) is 2.29. The molecular formula is C18H17N3O2. The number of aromatic nitrogens is 1. The fourth-order valence-electron chi connectivity index (χ4n) is 3.45. The van der Waals surface area contributed by atoms with Gasteiger partial charge in [0.05, 0.1) is 17.8 Å². The first kappa shape index (κ1) is 13.9. The van der Waals surface area contributed by atoms with E-state index in [1.807, 2.05) is 36.4 Å². The van der Waals surface area contributed by atoms with Crippen molar-refractivity contribution < 1.29 is 9.59 Å². The maximum atomic E-state index is 13.1. The summed E-state index contributed by atoms with van der Waals surface area (Å²) in [6, 6.07) is 10.8. The number of benzene rings is 1. The Morgan fingerprint density at radius 2 is 2.00 bits per heavy atom. The molecule has 1 atom stereocenters. The molecule has 0 aliphatic carbocycles. The normalized spacial score (nSPS) is 20.3. The van der Waals surface area contributed by atoms with Crippen LogP contribution in [0.2, 0.25) is 0 Å². The van der Waals surface area contributed by atoms with E-state index in [0.29, 0.717) is 24.3 Å². The molecule has 0 spiro atoms. The summed E-state index contributed by atoms with van der Waals surface area (Å²) >= 11 is 0. The molecule has 2 aromatic rings. The second kappa shape index (κ2) is 5.50. The molecule has 0 unspecified atom stereocenters. The van der Waals surface area contributed by atoms with E-state index in [-0.39, 0.29) is 17.9 Å². The van der Waals surface area contributed by atoms with Gasteiger partial charge in [-0.15, -0.1) is 0 Å². The number of rotatable bonds is 2. The maximum absolute atomic E-state index is 13.1. The quantitative estimate of drug-likeness (QED) is 0.855. The van der Waals surface area contributed by atoms with E-state index in [2.05, 4.69) is 4.98 Å². The maximum Gasteiger partial charge on any atom is 0.256 e. The highest BCUT2D eigenvalue weighted by Gasteiger charge is 2.41. The first-order valence-corrected chi connectivity index (χ1v) is 7.86. The molecule has 1 saturated heterocycles. The lowest BCUT2D eigenvalue weighted by molar-refractivity contribution is -0.122. The zero-order chi connectivity index (χ0) is 15.8. The van der Waals surface area contributed by atoms with Gasteiger partial charge < -0.3 is 9.80 Å². The van der Waals surface area contributed by atoms with Gasteiger partial charge in [0.15, 0.2) is 0 Å². The van der Waals surface area contributed by atoms with Gasteiger partial charge in [0, 0.05) is 18.9 Å². The van der Waals surface area contributed by atoms with Gasteiger partial charge in [-0.1, -0.05) is 18.2 Å². The Morgan fingerprint density at radius 1 is 1.13 bits per heavy atom. The van der Waals surface area contributed by atoms with Gasteiger partial charge in [-0.2, -0.15) is 0 Å². The van der Waals surface area contributed by atoms with Crippen molar-refractivity contribution in [3.63, 3.8) is 0 Å². The summed E-state index contributed by atoms with van der Waals surface area (Å²) in [5, 5.41) is 0. The van der Waals surface area contributed by atoms with Gasteiger partial charge in [0.2, 0.25) is 5.91 Å². The number of para-hydroxylation sites is 1. The van der Waals surface area contributed by atoms with Crippen LogP contribution in [0, 0.1) is 0 Å². The Hall–Kier alpha value is -2.69. The molecule has 0 bridgehead atoms. The van der Waals surface area contributed by atoms with Gasteiger partial charge in [0.1, 0.15) is 6.04 Å². The molecule has 4 rings (SSSR count). The summed E-state index contributed by atoms with van der Waals surface area (Å²) in [7, 11) is 0. The van der Waals surface area contributed by atoms with Crippen LogP contribution >= 0.6 is 0 Å². The van der Waals surface area contributed by atoms with E-state index in [9.17, 15) is 9.59 Å². The fourth-order valence-corrected chi connectivity index (χ4v) is 3.45. The molecule has 2 aliphatic heterocycles. The monoisotopic (exact) mass is 307 g/mol. The molecule has 116 valence electrons. The topological polar surface area (TPSA) is 53.5 Å². The highest BCUT2D eigenvalue weighted by Crippen LogP contribution is 2.33. The summed E-state index contributed by atoms with van der Waals surface area (Å²) in [5.41, 5.74) is 2.25. The van der Waals surface area contributed by atoms with E-state index in [4.69, 9.17) is 0 Å². The van der Waals surface area contributed by atoms with Gasteiger partial charge in [-0.05, 0) is 36.6 Å². The Morgan fingerprint density at radius 3 is 2.83 bits per heavy atom. The first-order chi connectivity index (χ1) is 11.3. The molecule has 0 saturated carbocycles. The van der Waals surface area contributed by atoms with Crippen LogP contribution in [0.15, 0.2) is 48.8 Å². The summed E-state index contributed by atoms with van der Waals surface area (Å²) in [5.74, 6) is -0.0326. The van der Waals surface area contributed by atoms with E-state index in [1.54, 1.807) is 22.2 Å². The average Bonchev–Trinajstić information content (AvgIpc) is 3.06. The van der Waals surface area contributed by atoms with Gasteiger partial charge in [-0.25, -0.2) is 0 Å². The molecule has 5 nitrogen and oxygen atoms in total. The Labute approximate surface area is 134 Å². The number of pyridine rings is 1. The van der Waals surface area contributed by atoms with Crippen molar-refractivity contribution in [3.05, 3.63) is 59.9 Å². The molecule has 1 aromatic carbocycles. The number of carbonyl (C=O) groups excluding carboxylic acids is 2. The third-order valence-corrected chi connectivity index (χ3v) is 4.55. The molecule has 1 aromatic heterocycles. The lowest BCUT2D eigenvalue weighted by Crippen LogP contribution is -2.44. The largest absolute Gasteiger partial charge is 0.327 e. The van der Waals surface area contributed by atoms with Crippen LogP contribution in [-0.4, -0.2) is 34.3 Å². The van der Waals surface area contributed by atoms with Gasteiger partial charge >= 0.3 is 0 Å². The number of carbonyl (C=O) groups is 2. The number of anilines is 1. The molecule has 2 amide bonds. The van der Waals surface area contributed by atoms with Crippen molar-refractivity contribution in [2.75, 3.05) is 11.4 Å². The summed E-state index contributed by atoms with van der Waals surface area (Å²) in [6.07, 6.45) is 5.09. The Kier molecular flexibility index (Phi) is 3.33. The molecule has 2 aliphatic rings. The third-order valence-electron chi connectivity index (χ3n) is 4.55. The Balaban J connectivity index is 1.81. The molecule has 3 heterocycles. The minimum Gasteiger partial charge on any atom is -0.327 e. The zero-order valence-corrected chi connectivity index (χ0v) is 12.7. The Bertz CT molecular complexity index is 760. The van der Waals surface area contributed by atoms with Gasteiger partial charge in [0.25, 0.3) is 5.91 Å². The number of nitrogens with zero attached hydrogens (tertiary/aromatic N) is 3.